The van der Waals surface area contributed by atoms with Gasteiger partial charge in [0.05, 0.1) is 6.10 Å². The minimum atomic E-state index is 0.262. The maximum atomic E-state index is 6.18. The van der Waals surface area contributed by atoms with Crippen molar-refractivity contribution in [1.82, 2.24) is 0 Å². The average Bonchev–Trinajstić information content (AvgIpc) is 2.72. The van der Waals surface area contributed by atoms with Gasteiger partial charge in [0.15, 0.2) is 0 Å². The van der Waals surface area contributed by atoms with Crippen molar-refractivity contribution in [3.63, 3.8) is 0 Å². The van der Waals surface area contributed by atoms with E-state index in [1.54, 1.807) is 0 Å². The first-order valence-corrected chi connectivity index (χ1v) is 5.92. The lowest BCUT2D eigenvalue weighted by Gasteiger charge is -2.21. The lowest BCUT2D eigenvalue weighted by Crippen LogP contribution is -2.28. The first-order chi connectivity index (χ1) is 6.86. The number of hydrogen-bond donors (Lipinski definition) is 1. The highest BCUT2D eigenvalue weighted by molar-refractivity contribution is 5.12. The lowest BCUT2D eigenvalue weighted by molar-refractivity contribution is 0.101. The third-order valence-electron chi connectivity index (χ3n) is 3.34. The molecule has 0 spiro atoms. The fourth-order valence-electron chi connectivity index (χ4n) is 2.46. The molecular weight excluding hydrogens is 174 g/mol. The molecule has 2 atom stereocenters. The van der Waals surface area contributed by atoms with Crippen LogP contribution in [0.3, 0.4) is 0 Å². The molecule has 1 aliphatic heterocycles. The maximum Gasteiger partial charge on any atom is 0.0593 e. The van der Waals surface area contributed by atoms with E-state index in [2.05, 4.69) is 6.08 Å². The fourth-order valence-corrected chi connectivity index (χ4v) is 2.46. The molecule has 0 aromatic rings. The summed E-state index contributed by atoms with van der Waals surface area (Å²) < 4.78 is 5.61. The Morgan fingerprint density at radius 3 is 3.00 bits per heavy atom. The van der Waals surface area contributed by atoms with Gasteiger partial charge in [-0.05, 0) is 44.9 Å². The van der Waals surface area contributed by atoms with Gasteiger partial charge in [-0.2, -0.15) is 0 Å². The first kappa shape index (κ1) is 10.2. The average molecular weight is 195 g/mol. The van der Waals surface area contributed by atoms with E-state index in [0.29, 0.717) is 6.10 Å². The molecule has 0 aromatic carbocycles. The molecule has 80 valence electrons. The summed E-state index contributed by atoms with van der Waals surface area (Å²) in [5, 5.41) is 0. The van der Waals surface area contributed by atoms with Crippen LogP contribution in [-0.4, -0.2) is 18.8 Å². The van der Waals surface area contributed by atoms with Gasteiger partial charge in [0.2, 0.25) is 0 Å². The number of nitrogens with two attached hydrogens (primary N) is 1. The molecule has 14 heavy (non-hydrogen) atoms. The quantitative estimate of drug-likeness (QED) is 0.702. The van der Waals surface area contributed by atoms with E-state index in [4.69, 9.17) is 10.5 Å². The van der Waals surface area contributed by atoms with Gasteiger partial charge in [0.1, 0.15) is 0 Å². The largest absolute Gasteiger partial charge is 0.378 e. The molecule has 2 rings (SSSR count). The number of rotatable bonds is 3. The summed E-state index contributed by atoms with van der Waals surface area (Å²) in [6, 6.07) is 0.262. The van der Waals surface area contributed by atoms with Crippen LogP contribution in [0.15, 0.2) is 11.6 Å². The third kappa shape index (κ3) is 2.58. The first-order valence-electron chi connectivity index (χ1n) is 5.92. The monoisotopic (exact) mass is 195 g/mol. The van der Waals surface area contributed by atoms with E-state index in [0.717, 1.165) is 13.0 Å². The minimum Gasteiger partial charge on any atom is -0.378 e. The Bertz CT molecular complexity index is 206. The zero-order chi connectivity index (χ0) is 9.80. The second kappa shape index (κ2) is 4.94. The maximum absolute atomic E-state index is 6.18. The van der Waals surface area contributed by atoms with Crippen LogP contribution in [0.2, 0.25) is 0 Å². The predicted octanol–water partition coefficient (Wildman–Crippen LogP) is 2.38. The Labute approximate surface area is 86.5 Å². The molecule has 0 aromatic heterocycles. The molecule has 2 nitrogen and oxygen atoms in total. The molecular formula is C12H21NO. The fraction of sp³-hybridized carbons (Fsp3) is 0.833. The smallest absolute Gasteiger partial charge is 0.0593 e. The lowest BCUT2D eigenvalue weighted by atomic mass is 9.91. The zero-order valence-corrected chi connectivity index (χ0v) is 8.87. The van der Waals surface area contributed by atoms with Crippen molar-refractivity contribution in [2.45, 2.75) is 57.1 Å². The second-order valence-electron chi connectivity index (χ2n) is 4.50. The molecule has 2 unspecified atom stereocenters. The minimum absolute atomic E-state index is 0.262. The SMILES string of the molecule is NC(CC1CCCO1)C1=CCCCC1. The highest BCUT2D eigenvalue weighted by Crippen LogP contribution is 2.24. The van der Waals surface area contributed by atoms with Crippen molar-refractivity contribution < 1.29 is 4.74 Å². The van der Waals surface area contributed by atoms with Crippen LogP contribution in [0.25, 0.3) is 0 Å². The molecule has 1 saturated heterocycles. The van der Waals surface area contributed by atoms with Crippen LogP contribution in [0.5, 0.6) is 0 Å². The van der Waals surface area contributed by atoms with Gasteiger partial charge in [0.25, 0.3) is 0 Å². The van der Waals surface area contributed by atoms with Crippen molar-refractivity contribution >= 4 is 0 Å². The van der Waals surface area contributed by atoms with E-state index in [1.807, 2.05) is 0 Å². The topological polar surface area (TPSA) is 35.2 Å². The molecule has 1 aliphatic carbocycles. The Kier molecular flexibility index (Phi) is 3.60. The summed E-state index contributed by atoms with van der Waals surface area (Å²) in [5.41, 5.74) is 7.66. The number of ether oxygens (including phenoxy) is 1. The summed E-state index contributed by atoms with van der Waals surface area (Å²) in [6.07, 6.45) is 11.4. The van der Waals surface area contributed by atoms with Crippen LogP contribution < -0.4 is 5.73 Å². The summed E-state index contributed by atoms with van der Waals surface area (Å²) in [6.45, 7) is 0.941. The van der Waals surface area contributed by atoms with Crippen molar-refractivity contribution in [2.75, 3.05) is 6.61 Å². The van der Waals surface area contributed by atoms with E-state index in [9.17, 15) is 0 Å². The molecule has 1 fully saturated rings. The van der Waals surface area contributed by atoms with Gasteiger partial charge in [-0.15, -0.1) is 0 Å². The highest BCUT2D eigenvalue weighted by atomic mass is 16.5. The van der Waals surface area contributed by atoms with Crippen LogP contribution in [0, 0.1) is 0 Å². The molecule has 2 N–H and O–H groups in total. The molecule has 0 saturated carbocycles. The van der Waals surface area contributed by atoms with Crippen LogP contribution >= 0.6 is 0 Å². The summed E-state index contributed by atoms with van der Waals surface area (Å²) >= 11 is 0. The van der Waals surface area contributed by atoms with Gasteiger partial charge in [-0.25, -0.2) is 0 Å². The van der Waals surface area contributed by atoms with Gasteiger partial charge in [0, 0.05) is 12.6 Å². The van der Waals surface area contributed by atoms with Crippen molar-refractivity contribution in [3.05, 3.63) is 11.6 Å². The van der Waals surface area contributed by atoms with Crippen molar-refractivity contribution in [2.24, 2.45) is 5.73 Å². The van der Waals surface area contributed by atoms with E-state index < -0.39 is 0 Å². The number of hydrogen-bond acceptors (Lipinski definition) is 2. The number of allylic oxidation sites excluding steroid dienone is 1. The predicted molar refractivity (Wildman–Crippen MR) is 58.1 cm³/mol. The van der Waals surface area contributed by atoms with Gasteiger partial charge >= 0.3 is 0 Å². The molecule has 0 radical (unpaired) electrons. The Morgan fingerprint density at radius 2 is 2.36 bits per heavy atom. The van der Waals surface area contributed by atoms with E-state index in [-0.39, 0.29) is 6.04 Å². The third-order valence-corrected chi connectivity index (χ3v) is 3.34. The summed E-state index contributed by atoms with van der Waals surface area (Å²) in [7, 11) is 0. The normalized spacial score (nSPS) is 30.1. The van der Waals surface area contributed by atoms with Crippen molar-refractivity contribution in [3.8, 4) is 0 Å². The van der Waals surface area contributed by atoms with Crippen LogP contribution in [0.4, 0.5) is 0 Å². The molecule has 2 heteroatoms. The van der Waals surface area contributed by atoms with Crippen molar-refractivity contribution in [1.29, 1.82) is 0 Å². The molecule has 0 amide bonds. The molecule has 1 heterocycles. The van der Waals surface area contributed by atoms with E-state index >= 15 is 0 Å². The Balaban J connectivity index is 1.81. The molecule has 0 bridgehead atoms. The standard InChI is InChI=1S/C12H21NO/c13-12(9-11-7-4-8-14-11)10-5-2-1-3-6-10/h5,11-12H,1-4,6-9,13H2. The van der Waals surface area contributed by atoms with Gasteiger partial charge in [-0.3, -0.25) is 0 Å². The molecule has 2 aliphatic rings. The summed E-state index contributed by atoms with van der Waals surface area (Å²) in [5.74, 6) is 0. The van der Waals surface area contributed by atoms with E-state index in [1.165, 1.54) is 44.1 Å². The Hall–Kier alpha value is -0.340. The Morgan fingerprint density at radius 1 is 1.43 bits per heavy atom. The van der Waals surface area contributed by atoms with Crippen LogP contribution in [-0.2, 0) is 4.74 Å². The highest BCUT2D eigenvalue weighted by Gasteiger charge is 2.21. The summed E-state index contributed by atoms with van der Waals surface area (Å²) in [4.78, 5) is 0. The zero-order valence-electron chi connectivity index (χ0n) is 8.87. The van der Waals surface area contributed by atoms with Gasteiger partial charge < -0.3 is 10.5 Å². The van der Waals surface area contributed by atoms with Gasteiger partial charge in [-0.1, -0.05) is 11.6 Å². The van der Waals surface area contributed by atoms with Crippen LogP contribution in [0.1, 0.15) is 44.9 Å². The second-order valence-corrected chi connectivity index (χ2v) is 4.50.